The van der Waals surface area contributed by atoms with Crippen molar-refractivity contribution in [3.8, 4) is 0 Å². The highest BCUT2D eigenvalue weighted by Gasteiger charge is 2.54. The molecule has 0 aromatic carbocycles. The Morgan fingerprint density at radius 3 is 2.50 bits per heavy atom. The van der Waals surface area contributed by atoms with Gasteiger partial charge in [0.1, 0.15) is 5.60 Å². The minimum absolute atomic E-state index is 0.135. The van der Waals surface area contributed by atoms with Gasteiger partial charge in [0, 0.05) is 25.5 Å². The highest BCUT2D eigenvalue weighted by Crippen LogP contribution is 2.46. The molecule has 0 bridgehead atoms. The summed E-state index contributed by atoms with van der Waals surface area (Å²) in [6.07, 6.45) is 9.70. The van der Waals surface area contributed by atoms with Crippen molar-refractivity contribution in [1.82, 2.24) is 9.88 Å². The molecule has 4 rings (SSSR count). The average molecular weight is 328 g/mol. The van der Waals surface area contributed by atoms with E-state index in [0.29, 0.717) is 5.92 Å². The Hall–Kier alpha value is -1.91. The minimum atomic E-state index is -0.490. The van der Waals surface area contributed by atoms with Crippen LogP contribution in [0.15, 0.2) is 24.5 Å². The maximum Gasteiger partial charge on any atom is 0.307 e. The van der Waals surface area contributed by atoms with E-state index in [2.05, 4.69) is 17.1 Å². The molecule has 2 aliphatic heterocycles. The van der Waals surface area contributed by atoms with Gasteiger partial charge in [-0.1, -0.05) is 0 Å². The highest BCUT2D eigenvalue weighted by molar-refractivity contribution is 5.88. The summed E-state index contributed by atoms with van der Waals surface area (Å²) in [5, 5.41) is 0. The molecular formula is C19H24N2O3. The number of rotatable bonds is 2. The molecule has 1 aliphatic carbocycles. The fourth-order valence-corrected chi connectivity index (χ4v) is 4.72. The van der Waals surface area contributed by atoms with Gasteiger partial charge in [-0.05, 0) is 62.1 Å². The molecule has 1 atom stereocenters. The number of ether oxygens (including phenoxy) is 1. The lowest BCUT2D eigenvalue weighted by Crippen LogP contribution is -2.47. The second-order valence-electron chi connectivity index (χ2n) is 7.38. The third kappa shape index (κ3) is 2.70. The second-order valence-corrected chi connectivity index (χ2v) is 7.38. The molecule has 0 N–H and O–H groups in total. The number of aromatic nitrogens is 1. The van der Waals surface area contributed by atoms with Crippen LogP contribution in [0.5, 0.6) is 0 Å². The standard InChI is InChI=1S/C19H24N2O3/c22-17-13-16(19(24-17)7-1-2-8-19)18(23)21-11-5-15(6-12-21)14-3-9-20-10-4-14/h3-4,9-10,15-16H,1-2,5-8,11-13H2/t16-/m0/s1. The second kappa shape index (κ2) is 6.19. The summed E-state index contributed by atoms with van der Waals surface area (Å²) in [6.45, 7) is 1.54. The molecule has 2 saturated heterocycles. The molecule has 0 unspecified atom stereocenters. The Balaban J connectivity index is 1.42. The van der Waals surface area contributed by atoms with Gasteiger partial charge in [0.25, 0.3) is 0 Å². The van der Waals surface area contributed by atoms with Crippen LogP contribution in [0.4, 0.5) is 0 Å². The predicted octanol–water partition coefficient (Wildman–Crippen LogP) is 2.66. The van der Waals surface area contributed by atoms with Gasteiger partial charge in [-0.3, -0.25) is 14.6 Å². The highest BCUT2D eigenvalue weighted by atomic mass is 16.6. The third-order valence-electron chi connectivity index (χ3n) is 6.06. The van der Waals surface area contributed by atoms with Crippen LogP contribution >= 0.6 is 0 Å². The van der Waals surface area contributed by atoms with Crippen LogP contribution < -0.4 is 0 Å². The summed E-state index contributed by atoms with van der Waals surface area (Å²) in [5.41, 5.74) is 0.819. The quantitative estimate of drug-likeness (QED) is 0.783. The zero-order chi connectivity index (χ0) is 16.6. The van der Waals surface area contributed by atoms with E-state index >= 15 is 0 Å². The summed E-state index contributed by atoms with van der Waals surface area (Å²) in [6, 6.07) is 4.14. The van der Waals surface area contributed by atoms with E-state index in [1.165, 1.54) is 5.56 Å². The maximum absolute atomic E-state index is 13.0. The largest absolute Gasteiger partial charge is 0.458 e. The van der Waals surface area contributed by atoms with E-state index in [-0.39, 0.29) is 24.2 Å². The van der Waals surface area contributed by atoms with E-state index in [1.807, 2.05) is 17.3 Å². The maximum atomic E-state index is 13.0. The normalized spacial score (nSPS) is 26.8. The van der Waals surface area contributed by atoms with Gasteiger partial charge in [-0.25, -0.2) is 0 Å². The van der Waals surface area contributed by atoms with Crippen LogP contribution in [0.25, 0.3) is 0 Å². The first-order chi connectivity index (χ1) is 11.7. The molecule has 3 aliphatic rings. The number of carbonyl (C=O) groups excluding carboxylic acids is 2. The van der Waals surface area contributed by atoms with Crippen LogP contribution in [-0.4, -0.2) is 40.5 Å². The lowest BCUT2D eigenvalue weighted by Gasteiger charge is -2.36. The Morgan fingerprint density at radius 1 is 1.17 bits per heavy atom. The van der Waals surface area contributed by atoms with E-state index in [4.69, 9.17) is 4.74 Å². The molecule has 0 radical (unpaired) electrons. The number of piperidine rings is 1. The topological polar surface area (TPSA) is 59.5 Å². The van der Waals surface area contributed by atoms with Gasteiger partial charge >= 0.3 is 5.97 Å². The fourth-order valence-electron chi connectivity index (χ4n) is 4.72. The lowest BCUT2D eigenvalue weighted by molar-refractivity contribution is -0.152. The summed E-state index contributed by atoms with van der Waals surface area (Å²) >= 11 is 0. The fraction of sp³-hybridized carbons (Fsp3) is 0.632. The van der Waals surface area contributed by atoms with Crippen LogP contribution in [0.2, 0.25) is 0 Å². The summed E-state index contributed by atoms with van der Waals surface area (Å²) in [4.78, 5) is 30.9. The van der Waals surface area contributed by atoms with Crippen molar-refractivity contribution >= 4 is 11.9 Å². The Morgan fingerprint density at radius 2 is 1.83 bits per heavy atom. The number of likely N-dealkylation sites (tertiary alicyclic amines) is 1. The van der Waals surface area contributed by atoms with Crippen molar-refractivity contribution in [3.63, 3.8) is 0 Å². The molecule has 1 spiro atoms. The van der Waals surface area contributed by atoms with Crippen molar-refractivity contribution in [3.05, 3.63) is 30.1 Å². The van der Waals surface area contributed by atoms with E-state index in [0.717, 1.165) is 51.6 Å². The van der Waals surface area contributed by atoms with Gasteiger partial charge in [-0.15, -0.1) is 0 Å². The van der Waals surface area contributed by atoms with Crippen molar-refractivity contribution < 1.29 is 14.3 Å². The monoisotopic (exact) mass is 328 g/mol. The molecule has 1 aromatic rings. The van der Waals surface area contributed by atoms with E-state index in [1.54, 1.807) is 0 Å². The minimum Gasteiger partial charge on any atom is -0.458 e. The van der Waals surface area contributed by atoms with Crippen LogP contribution in [-0.2, 0) is 14.3 Å². The first-order valence-corrected chi connectivity index (χ1v) is 9.08. The van der Waals surface area contributed by atoms with Crippen molar-refractivity contribution in [1.29, 1.82) is 0 Å². The number of amides is 1. The smallest absolute Gasteiger partial charge is 0.307 e. The molecule has 3 heterocycles. The first-order valence-electron chi connectivity index (χ1n) is 9.08. The molecule has 24 heavy (non-hydrogen) atoms. The van der Waals surface area contributed by atoms with Gasteiger partial charge < -0.3 is 9.64 Å². The number of esters is 1. The molecule has 5 nitrogen and oxygen atoms in total. The molecule has 1 saturated carbocycles. The Bertz CT molecular complexity index is 617. The summed E-state index contributed by atoms with van der Waals surface area (Å²) < 4.78 is 5.63. The van der Waals surface area contributed by atoms with Crippen LogP contribution in [0.3, 0.4) is 0 Å². The molecule has 1 amide bonds. The zero-order valence-electron chi connectivity index (χ0n) is 13.9. The first kappa shape index (κ1) is 15.6. The number of hydrogen-bond acceptors (Lipinski definition) is 4. The lowest BCUT2D eigenvalue weighted by atomic mass is 9.83. The zero-order valence-corrected chi connectivity index (χ0v) is 13.9. The number of hydrogen-bond donors (Lipinski definition) is 0. The van der Waals surface area contributed by atoms with Gasteiger partial charge in [0.15, 0.2) is 0 Å². The number of pyridine rings is 1. The van der Waals surface area contributed by atoms with Gasteiger partial charge in [0.2, 0.25) is 5.91 Å². The molecule has 3 fully saturated rings. The Labute approximate surface area is 142 Å². The van der Waals surface area contributed by atoms with Crippen molar-refractivity contribution in [2.75, 3.05) is 13.1 Å². The van der Waals surface area contributed by atoms with Gasteiger partial charge in [0.05, 0.1) is 12.3 Å². The van der Waals surface area contributed by atoms with Crippen molar-refractivity contribution in [2.24, 2.45) is 5.92 Å². The summed E-state index contributed by atoms with van der Waals surface area (Å²) in [5.74, 6) is 0.182. The van der Waals surface area contributed by atoms with Crippen LogP contribution in [0, 0.1) is 5.92 Å². The molecular weight excluding hydrogens is 304 g/mol. The molecule has 1 aromatic heterocycles. The number of carbonyl (C=O) groups is 2. The van der Waals surface area contributed by atoms with E-state index in [9.17, 15) is 9.59 Å². The van der Waals surface area contributed by atoms with Crippen LogP contribution in [0.1, 0.15) is 56.4 Å². The number of nitrogens with zero attached hydrogens (tertiary/aromatic N) is 2. The van der Waals surface area contributed by atoms with Gasteiger partial charge in [-0.2, -0.15) is 0 Å². The SMILES string of the molecule is O=C1C[C@@H](C(=O)N2CCC(c3ccncc3)CC2)C2(CCCC2)O1. The predicted molar refractivity (Wildman–Crippen MR) is 88.2 cm³/mol. The molecule has 128 valence electrons. The van der Waals surface area contributed by atoms with Crippen molar-refractivity contribution in [2.45, 2.75) is 56.5 Å². The average Bonchev–Trinajstić information content (AvgIpc) is 3.22. The third-order valence-corrected chi connectivity index (χ3v) is 6.06. The molecule has 5 heteroatoms. The Kier molecular flexibility index (Phi) is 4.02. The summed E-state index contributed by atoms with van der Waals surface area (Å²) in [7, 11) is 0. The van der Waals surface area contributed by atoms with E-state index < -0.39 is 5.60 Å².